The predicted molar refractivity (Wildman–Crippen MR) is 76.9 cm³/mol. The van der Waals surface area contributed by atoms with Crippen molar-refractivity contribution in [1.29, 1.82) is 0 Å². The molecule has 0 aliphatic heterocycles. The molecule has 0 spiro atoms. The fraction of sp³-hybridized carbons (Fsp3) is 0.929. The van der Waals surface area contributed by atoms with Gasteiger partial charge in [-0.15, -0.1) is 0 Å². The summed E-state index contributed by atoms with van der Waals surface area (Å²) in [6.07, 6.45) is 2.86. The normalized spacial score (nSPS) is 27.5. The summed E-state index contributed by atoms with van der Waals surface area (Å²) >= 11 is 0. The number of ether oxygens (including phenoxy) is 1. The molecule has 5 heteroatoms. The van der Waals surface area contributed by atoms with E-state index in [9.17, 15) is 4.79 Å². The van der Waals surface area contributed by atoms with Crippen molar-refractivity contribution in [3.05, 3.63) is 0 Å². The fourth-order valence-corrected chi connectivity index (χ4v) is 2.47. The van der Waals surface area contributed by atoms with Crippen molar-refractivity contribution in [2.24, 2.45) is 17.6 Å². The van der Waals surface area contributed by atoms with Crippen LogP contribution < -0.4 is 11.1 Å². The van der Waals surface area contributed by atoms with Gasteiger partial charge in [0.2, 0.25) is 5.91 Å². The molecule has 112 valence electrons. The van der Waals surface area contributed by atoms with E-state index in [0.717, 1.165) is 39.0 Å². The first-order valence-electron chi connectivity index (χ1n) is 7.25. The van der Waals surface area contributed by atoms with Gasteiger partial charge in [-0.05, 0) is 32.2 Å². The Morgan fingerprint density at radius 3 is 2.79 bits per heavy atom. The smallest absolute Gasteiger partial charge is 0.223 e. The highest BCUT2D eigenvalue weighted by molar-refractivity contribution is 5.78. The number of methoxy groups -OCH3 is 1. The number of likely N-dealkylation sites (N-methyl/N-ethyl adjacent to an activating group) is 1. The summed E-state index contributed by atoms with van der Waals surface area (Å²) in [7, 11) is 3.73. The molecule has 1 fully saturated rings. The van der Waals surface area contributed by atoms with E-state index in [0.29, 0.717) is 12.5 Å². The molecule has 3 atom stereocenters. The molecule has 1 saturated carbocycles. The molecule has 0 heterocycles. The molecule has 1 aliphatic rings. The van der Waals surface area contributed by atoms with Crippen LogP contribution in [0.5, 0.6) is 0 Å². The monoisotopic (exact) mass is 271 g/mol. The Morgan fingerprint density at radius 2 is 2.16 bits per heavy atom. The molecule has 0 bridgehead atoms. The van der Waals surface area contributed by atoms with Gasteiger partial charge in [-0.25, -0.2) is 0 Å². The van der Waals surface area contributed by atoms with Crippen LogP contribution in [0.25, 0.3) is 0 Å². The van der Waals surface area contributed by atoms with Gasteiger partial charge in [-0.1, -0.05) is 6.92 Å². The maximum absolute atomic E-state index is 12.0. The topological polar surface area (TPSA) is 67.6 Å². The van der Waals surface area contributed by atoms with E-state index in [-0.39, 0.29) is 17.9 Å². The first kappa shape index (κ1) is 16.4. The molecule has 1 rings (SSSR count). The van der Waals surface area contributed by atoms with Crippen LogP contribution in [0, 0.1) is 11.8 Å². The minimum atomic E-state index is 0.107. The summed E-state index contributed by atoms with van der Waals surface area (Å²) < 4.78 is 5.01. The zero-order valence-corrected chi connectivity index (χ0v) is 12.5. The molecule has 0 aromatic carbocycles. The third-order valence-electron chi connectivity index (χ3n) is 4.10. The Hall–Kier alpha value is -0.650. The summed E-state index contributed by atoms with van der Waals surface area (Å²) in [5.41, 5.74) is 6.04. The maximum Gasteiger partial charge on any atom is 0.223 e. The molecule has 1 aliphatic carbocycles. The number of nitrogens with two attached hydrogens (primary N) is 1. The lowest BCUT2D eigenvalue weighted by molar-refractivity contribution is -0.126. The van der Waals surface area contributed by atoms with Crippen molar-refractivity contribution >= 4 is 5.91 Å². The van der Waals surface area contributed by atoms with Crippen molar-refractivity contribution in [2.45, 2.75) is 32.2 Å². The van der Waals surface area contributed by atoms with E-state index < -0.39 is 0 Å². The molecule has 3 unspecified atom stereocenters. The number of nitrogens with zero attached hydrogens (tertiary/aromatic N) is 1. The minimum Gasteiger partial charge on any atom is -0.383 e. The summed E-state index contributed by atoms with van der Waals surface area (Å²) in [6.45, 7) is 5.33. The molecule has 5 nitrogen and oxygen atoms in total. The van der Waals surface area contributed by atoms with E-state index in [1.165, 1.54) is 0 Å². The van der Waals surface area contributed by atoms with Crippen LogP contribution in [0.1, 0.15) is 26.2 Å². The highest BCUT2D eigenvalue weighted by Gasteiger charge is 2.29. The SMILES string of the molecule is COCCN(C)CCNC(=O)C1CCC(C)C(N)C1. The second kappa shape index (κ2) is 8.51. The third kappa shape index (κ3) is 5.89. The average molecular weight is 271 g/mol. The van der Waals surface area contributed by atoms with Gasteiger partial charge in [0.05, 0.1) is 6.61 Å². The van der Waals surface area contributed by atoms with E-state index in [4.69, 9.17) is 10.5 Å². The van der Waals surface area contributed by atoms with Gasteiger partial charge < -0.3 is 20.7 Å². The number of amides is 1. The van der Waals surface area contributed by atoms with E-state index in [1.807, 2.05) is 7.05 Å². The van der Waals surface area contributed by atoms with Gasteiger partial charge in [-0.3, -0.25) is 4.79 Å². The second-order valence-corrected chi connectivity index (χ2v) is 5.74. The van der Waals surface area contributed by atoms with E-state index in [1.54, 1.807) is 7.11 Å². The Balaban J connectivity index is 2.17. The third-order valence-corrected chi connectivity index (χ3v) is 4.10. The van der Waals surface area contributed by atoms with E-state index in [2.05, 4.69) is 17.1 Å². The highest BCUT2D eigenvalue weighted by atomic mass is 16.5. The largest absolute Gasteiger partial charge is 0.383 e. The number of hydrogen-bond acceptors (Lipinski definition) is 4. The van der Waals surface area contributed by atoms with Gasteiger partial charge in [-0.2, -0.15) is 0 Å². The molecule has 0 radical (unpaired) electrons. The zero-order chi connectivity index (χ0) is 14.3. The minimum absolute atomic E-state index is 0.107. The lowest BCUT2D eigenvalue weighted by atomic mass is 9.79. The van der Waals surface area contributed by atoms with Crippen molar-refractivity contribution < 1.29 is 9.53 Å². The lowest BCUT2D eigenvalue weighted by Gasteiger charge is -2.31. The molecule has 0 aromatic rings. The van der Waals surface area contributed by atoms with Crippen molar-refractivity contribution in [2.75, 3.05) is 40.4 Å². The molecular formula is C14H29N3O2. The first-order valence-corrected chi connectivity index (χ1v) is 7.25. The number of carbonyl (C=O) groups is 1. The summed E-state index contributed by atoms with van der Waals surface area (Å²) in [6, 6.07) is 0.175. The standard InChI is InChI=1S/C14H29N3O2/c1-11-4-5-12(10-13(11)15)14(18)16-6-7-17(2)8-9-19-3/h11-13H,4-10,15H2,1-3H3,(H,16,18). The quantitative estimate of drug-likeness (QED) is 0.705. The highest BCUT2D eigenvalue weighted by Crippen LogP contribution is 2.27. The van der Waals surface area contributed by atoms with Crippen molar-refractivity contribution in [3.8, 4) is 0 Å². The molecule has 1 amide bonds. The number of hydrogen-bond donors (Lipinski definition) is 2. The molecule has 0 saturated heterocycles. The average Bonchev–Trinajstić information content (AvgIpc) is 2.39. The number of rotatable bonds is 7. The van der Waals surface area contributed by atoms with Crippen LogP contribution in [0.4, 0.5) is 0 Å². The fourth-order valence-electron chi connectivity index (χ4n) is 2.47. The van der Waals surface area contributed by atoms with Gasteiger partial charge in [0.1, 0.15) is 0 Å². The number of carbonyl (C=O) groups excluding carboxylic acids is 1. The van der Waals surface area contributed by atoms with E-state index >= 15 is 0 Å². The summed E-state index contributed by atoms with van der Waals surface area (Å²) in [5.74, 6) is 0.821. The molecular weight excluding hydrogens is 242 g/mol. The van der Waals surface area contributed by atoms with Crippen LogP contribution in [-0.2, 0) is 9.53 Å². The second-order valence-electron chi connectivity index (χ2n) is 5.74. The maximum atomic E-state index is 12.0. The lowest BCUT2D eigenvalue weighted by Crippen LogP contribution is -2.43. The predicted octanol–water partition coefficient (Wildman–Crippen LogP) is 0.444. The van der Waals surface area contributed by atoms with Gasteiger partial charge in [0.15, 0.2) is 0 Å². The summed E-state index contributed by atoms with van der Waals surface area (Å²) in [4.78, 5) is 14.2. The van der Waals surface area contributed by atoms with Crippen LogP contribution in [0.15, 0.2) is 0 Å². The Bertz CT molecular complexity index is 273. The van der Waals surface area contributed by atoms with Gasteiger partial charge >= 0.3 is 0 Å². The van der Waals surface area contributed by atoms with Crippen LogP contribution in [0.2, 0.25) is 0 Å². The van der Waals surface area contributed by atoms with Crippen molar-refractivity contribution in [1.82, 2.24) is 10.2 Å². The van der Waals surface area contributed by atoms with Crippen LogP contribution in [-0.4, -0.2) is 57.2 Å². The molecule has 3 N–H and O–H groups in total. The van der Waals surface area contributed by atoms with Gasteiger partial charge in [0.25, 0.3) is 0 Å². The van der Waals surface area contributed by atoms with Crippen LogP contribution in [0.3, 0.4) is 0 Å². The van der Waals surface area contributed by atoms with Crippen LogP contribution >= 0.6 is 0 Å². The zero-order valence-electron chi connectivity index (χ0n) is 12.5. The van der Waals surface area contributed by atoms with Crippen molar-refractivity contribution in [3.63, 3.8) is 0 Å². The molecule has 0 aromatic heterocycles. The van der Waals surface area contributed by atoms with Gasteiger partial charge in [0, 0.05) is 38.7 Å². The summed E-state index contributed by atoms with van der Waals surface area (Å²) in [5, 5.41) is 3.02. The Labute approximate surface area is 116 Å². The Kier molecular flexibility index (Phi) is 7.34. The molecule has 19 heavy (non-hydrogen) atoms. The number of nitrogens with one attached hydrogen (secondary N) is 1. The Morgan fingerprint density at radius 1 is 1.42 bits per heavy atom. The first-order chi connectivity index (χ1) is 9.04.